The van der Waals surface area contributed by atoms with Crippen LogP contribution < -0.4 is 5.32 Å². The molecule has 0 saturated carbocycles. The largest absolute Gasteiger partial charge is 0.396 e. The molecular formula is C7H15NO2. The van der Waals surface area contributed by atoms with Gasteiger partial charge in [-0.2, -0.15) is 0 Å². The molecule has 0 aromatic rings. The molecule has 60 valence electrons. The molecule has 1 fully saturated rings. The fourth-order valence-electron chi connectivity index (χ4n) is 1.23. The van der Waals surface area contributed by atoms with Crippen molar-refractivity contribution in [2.75, 3.05) is 19.8 Å². The molecule has 10 heavy (non-hydrogen) atoms. The molecule has 0 spiro atoms. The highest BCUT2D eigenvalue weighted by Crippen LogP contribution is 2.07. The van der Waals surface area contributed by atoms with Gasteiger partial charge in [0.15, 0.2) is 0 Å². The van der Waals surface area contributed by atoms with Gasteiger partial charge in [-0.25, -0.2) is 0 Å². The maximum absolute atomic E-state index is 8.63. The van der Waals surface area contributed by atoms with Crippen LogP contribution in [-0.2, 0) is 4.74 Å². The number of aliphatic hydroxyl groups is 1. The van der Waals surface area contributed by atoms with Crippen LogP contribution in [0.25, 0.3) is 0 Å². The lowest BCUT2D eigenvalue weighted by Crippen LogP contribution is -2.46. The summed E-state index contributed by atoms with van der Waals surface area (Å²) in [6, 6.07) is 0.390. The maximum Gasteiger partial charge on any atom is 0.0747 e. The van der Waals surface area contributed by atoms with Gasteiger partial charge < -0.3 is 15.2 Å². The second-order valence-electron chi connectivity index (χ2n) is 2.66. The summed E-state index contributed by atoms with van der Waals surface area (Å²) in [4.78, 5) is 0. The van der Waals surface area contributed by atoms with Crippen molar-refractivity contribution in [3.05, 3.63) is 0 Å². The van der Waals surface area contributed by atoms with Gasteiger partial charge in [0, 0.05) is 19.2 Å². The maximum atomic E-state index is 8.63. The van der Waals surface area contributed by atoms with Crippen molar-refractivity contribution in [3.63, 3.8) is 0 Å². The number of hydrogen-bond acceptors (Lipinski definition) is 3. The fraction of sp³-hybridized carbons (Fsp3) is 1.00. The molecule has 0 aromatic carbocycles. The highest BCUT2D eigenvalue weighted by atomic mass is 16.5. The van der Waals surface area contributed by atoms with E-state index in [1.807, 2.05) is 0 Å². The van der Waals surface area contributed by atoms with Gasteiger partial charge in [0.25, 0.3) is 0 Å². The standard InChI is InChI=1S/C7H15NO2/c1-6-7(2-4-9)10-5-3-8-6/h6-9H,2-5H2,1H3/t6?,7-/m1/s1. The molecule has 1 rings (SSSR count). The first kappa shape index (κ1) is 7.98. The summed E-state index contributed by atoms with van der Waals surface area (Å²) in [5.74, 6) is 0. The molecule has 3 heteroatoms. The van der Waals surface area contributed by atoms with Crippen LogP contribution >= 0.6 is 0 Å². The van der Waals surface area contributed by atoms with Crippen LogP contribution in [0.2, 0.25) is 0 Å². The van der Waals surface area contributed by atoms with Crippen LogP contribution in [-0.4, -0.2) is 37.0 Å². The normalized spacial score (nSPS) is 34.2. The van der Waals surface area contributed by atoms with Gasteiger partial charge in [-0.3, -0.25) is 0 Å². The molecule has 0 bridgehead atoms. The zero-order chi connectivity index (χ0) is 7.40. The quantitative estimate of drug-likeness (QED) is 0.563. The number of rotatable bonds is 2. The molecule has 1 aliphatic heterocycles. The SMILES string of the molecule is CC1NCCO[C@@H]1CCO. The van der Waals surface area contributed by atoms with E-state index in [0.717, 1.165) is 19.6 Å². The first-order chi connectivity index (χ1) is 4.84. The number of nitrogens with one attached hydrogen (secondary N) is 1. The Bertz CT molecular complexity index is 95.6. The van der Waals surface area contributed by atoms with E-state index in [4.69, 9.17) is 9.84 Å². The molecule has 0 radical (unpaired) electrons. The van der Waals surface area contributed by atoms with Gasteiger partial charge in [-0.1, -0.05) is 0 Å². The zero-order valence-corrected chi connectivity index (χ0v) is 6.34. The molecule has 1 heterocycles. The van der Waals surface area contributed by atoms with Crippen molar-refractivity contribution in [1.29, 1.82) is 0 Å². The summed E-state index contributed by atoms with van der Waals surface area (Å²) in [5, 5.41) is 11.9. The molecule has 0 amide bonds. The first-order valence-corrected chi connectivity index (χ1v) is 3.80. The van der Waals surface area contributed by atoms with E-state index < -0.39 is 0 Å². The average molecular weight is 145 g/mol. The van der Waals surface area contributed by atoms with E-state index in [0.29, 0.717) is 6.04 Å². The summed E-state index contributed by atoms with van der Waals surface area (Å²) in [5.41, 5.74) is 0. The topological polar surface area (TPSA) is 41.5 Å². The van der Waals surface area contributed by atoms with Crippen LogP contribution in [0.4, 0.5) is 0 Å². The van der Waals surface area contributed by atoms with Crippen molar-refractivity contribution in [3.8, 4) is 0 Å². The molecule has 1 aliphatic rings. The van der Waals surface area contributed by atoms with Gasteiger partial charge in [-0.05, 0) is 13.3 Å². The van der Waals surface area contributed by atoms with E-state index in [9.17, 15) is 0 Å². The number of ether oxygens (including phenoxy) is 1. The lowest BCUT2D eigenvalue weighted by atomic mass is 10.1. The van der Waals surface area contributed by atoms with Crippen LogP contribution in [0.5, 0.6) is 0 Å². The zero-order valence-electron chi connectivity index (χ0n) is 6.34. The Morgan fingerprint density at radius 2 is 2.50 bits per heavy atom. The highest BCUT2D eigenvalue weighted by molar-refractivity contribution is 4.75. The van der Waals surface area contributed by atoms with E-state index in [1.165, 1.54) is 0 Å². The summed E-state index contributed by atoms with van der Waals surface area (Å²) in [7, 11) is 0. The van der Waals surface area contributed by atoms with E-state index >= 15 is 0 Å². The minimum atomic E-state index is 0.207. The Balaban J connectivity index is 2.25. The van der Waals surface area contributed by atoms with Crippen molar-refractivity contribution >= 4 is 0 Å². The number of morpholine rings is 1. The molecular weight excluding hydrogens is 130 g/mol. The smallest absolute Gasteiger partial charge is 0.0747 e. The third-order valence-electron chi connectivity index (χ3n) is 1.87. The first-order valence-electron chi connectivity index (χ1n) is 3.80. The third-order valence-corrected chi connectivity index (χ3v) is 1.87. The Kier molecular flexibility index (Phi) is 3.12. The Labute approximate surface area is 61.4 Å². The van der Waals surface area contributed by atoms with E-state index in [1.54, 1.807) is 0 Å². The van der Waals surface area contributed by atoms with Crippen molar-refractivity contribution in [2.24, 2.45) is 0 Å². The van der Waals surface area contributed by atoms with Crippen LogP contribution in [0.1, 0.15) is 13.3 Å². The summed E-state index contributed by atoms with van der Waals surface area (Å²) in [6.45, 7) is 4.01. The van der Waals surface area contributed by atoms with Crippen molar-refractivity contribution < 1.29 is 9.84 Å². The van der Waals surface area contributed by atoms with Crippen LogP contribution in [0.3, 0.4) is 0 Å². The predicted molar refractivity (Wildman–Crippen MR) is 38.9 cm³/mol. The summed E-state index contributed by atoms with van der Waals surface area (Å²) < 4.78 is 5.41. The van der Waals surface area contributed by atoms with E-state index in [2.05, 4.69) is 12.2 Å². The number of hydrogen-bond donors (Lipinski definition) is 2. The van der Waals surface area contributed by atoms with Crippen molar-refractivity contribution in [1.82, 2.24) is 5.32 Å². The minimum absolute atomic E-state index is 0.207. The molecule has 2 atom stereocenters. The number of aliphatic hydroxyl groups excluding tert-OH is 1. The second kappa shape index (κ2) is 3.91. The average Bonchev–Trinajstić information content (AvgIpc) is 1.94. The molecule has 0 aromatic heterocycles. The Morgan fingerprint density at radius 1 is 1.70 bits per heavy atom. The van der Waals surface area contributed by atoms with E-state index in [-0.39, 0.29) is 12.7 Å². The monoisotopic (exact) mass is 145 g/mol. The van der Waals surface area contributed by atoms with Gasteiger partial charge in [0.2, 0.25) is 0 Å². The second-order valence-corrected chi connectivity index (χ2v) is 2.66. The predicted octanol–water partition coefficient (Wildman–Crippen LogP) is -0.254. The fourth-order valence-corrected chi connectivity index (χ4v) is 1.23. The van der Waals surface area contributed by atoms with Crippen LogP contribution in [0.15, 0.2) is 0 Å². The molecule has 1 saturated heterocycles. The van der Waals surface area contributed by atoms with Gasteiger partial charge in [0.05, 0.1) is 12.7 Å². The van der Waals surface area contributed by atoms with Crippen molar-refractivity contribution in [2.45, 2.75) is 25.5 Å². The van der Waals surface area contributed by atoms with Gasteiger partial charge in [0.1, 0.15) is 0 Å². The highest BCUT2D eigenvalue weighted by Gasteiger charge is 2.20. The van der Waals surface area contributed by atoms with Gasteiger partial charge in [-0.15, -0.1) is 0 Å². The molecule has 0 aliphatic carbocycles. The molecule has 3 nitrogen and oxygen atoms in total. The Hall–Kier alpha value is -0.120. The summed E-state index contributed by atoms with van der Waals surface area (Å²) >= 11 is 0. The lowest BCUT2D eigenvalue weighted by Gasteiger charge is -2.29. The molecule has 2 N–H and O–H groups in total. The van der Waals surface area contributed by atoms with Gasteiger partial charge >= 0.3 is 0 Å². The third kappa shape index (κ3) is 1.94. The van der Waals surface area contributed by atoms with Crippen LogP contribution in [0, 0.1) is 0 Å². The molecule has 1 unspecified atom stereocenters. The summed E-state index contributed by atoms with van der Waals surface area (Å²) in [6.07, 6.45) is 0.951. The Morgan fingerprint density at radius 3 is 3.10 bits per heavy atom. The minimum Gasteiger partial charge on any atom is -0.396 e. The lowest BCUT2D eigenvalue weighted by molar-refractivity contribution is -0.0118.